The van der Waals surface area contributed by atoms with Crippen molar-refractivity contribution in [2.75, 3.05) is 39.0 Å². The summed E-state index contributed by atoms with van der Waals surface area (Å²) in [6.07, 6.45) is 0.0423. The fourth-order valence-electron chi connectivity index (χ4n) is 3.42. The smallest absolute Gasteiger partial charge is 0.193 e. The van der Waals surface area contributed by atoms with Crippen molar-refractivity contribution in [1.82, 2.24) is 10.2 Å². The molecule has 1 fully saturated rings. The van der Waals surface area contributed by atoms with E-state index in [1.54, 1.807) is 7.05 Å². The van der Waals surface area contributed by atoms with Gasteiger partial charge in [-0.05, 0) is 23.6 Å². The molecule has 0 spiro atoms. The summed E-state index contributed by atoms with van der Waals surface area (Å²) in [4.78, 5) is 6.64. The molecule has 0 saturated carbocycles. The van der Waals surface area contributed by atoms with Crippen molar-refractivity contribution >= 4 is 16.8 Å². The third kappa shape index (κ3) is 5.66. The van der Waals surface area contributed by atoms with E-state index in [-0.39, 0.29) is 6.10 Å². The molecule has 2 aromatic rings. The standard InChI is InChI=1S/C22H29N3O2S/c1-18-8-6-7-11-20(18)21-16-25(13-14-27-21)22(23-2)24-12-15-28(26)17-19-9-4-3-5-10-19/h3-11,21H,12-17H2,1-2H3,(H,23,24). The first-order valence-corrected chi connectivity index (χ1v) is 11.2. The fraction of sp³-hybridized carbons (Fsp3) is 0.409. The molecule has 0 radical (unpaired) electrons. The lowest BCUT2D eigenvalue weighted by Crippen LogP contribution is -2.49. The van der Waals surface area contributed by atoms with E-state index in [1.165, 1.54) is 11.1 Å². The highest BCUT2D eigenvalue weighted by atomic mass is 32.2. The van der Waals surface area contributed by atoms with E-state index in [4.69, 9.17) is 4.74 Å². The van der Waals surface area contributed by atoms with Crippen molar-refractivity contribution in [3.63, 3.8) is 0 Å². The Balaban J connectivity index is 1.50. The molecular weight excluding hydrogens is 370 g/mol. The van der Waals surface area contributed by atoms with E-state index < -0.39 is 10.8 Å². The minimum absolute atomic E-state index is 0.0423. The van der Waals surface area contributed by atoms with Crippen molar-refractivity contribution in [3.05, 3.63) is 71.3 Å². The van der Waals surface area contributed by atoms with E-state index in [0.717, 1.165) is 24.6 Å². The molecular formula is C22H29N3O2S. The van der Waals surface area contributed by atoms with E-state index >= 15 is 0 Å². The van der Waals surface area contributed by atoms with Crippen LogP contribution in [0.2, 0.25) is 0 Å². The molecule has 2 atom stereocenters. The molecule has 0 bridgehead atoms. The Hall–Kier alpha value is -2.18. The number of aliphatic imine (C=N–C) groups is 1. The van der Waals surface area contributed by atoms with Gasteiger partial charge in [-0.15, -0.1) is 0 Å². The molecule has 6 heteroatoms. The Morgan fingerprint density at radius 2 is 1.96 bits per heavy atom. The van der Waals surface area contributed by atoms with Gasteiger partial charge in [0.05, 0.1) is 13.2 Å². The quantitative estimate of drug-likeness (QED) is 0.599. The molecule has 5 nitrogen and oxygen atoms in total. The van der Waals surface area contributed by atoms with Crippen LogP contribution in [0.15, 0.2) is 59.6 Å². The van der Waals surface area contributed by atoms with E-state index in [1.807, 2.05) is 30.3 Å². The molecule has 3 rings (SSSR count). The largest absolute Gasteiger partial charge is 0.370 e. The van der Waals surface area contributed by atoms with Crippen LogP contribution in [0.25, 0.3) is 0 Å². The SMILES string of the molecule is CN=C(NCCS(=O)Cc1ccccc1)N1CCOC(c2ccccc2C)C1. The summed E-state index contributed by atoms with van der Waals surface area (Å²) in [6, 6.07) is 18.3. The summed E-state index contributed by atoms with van der Waals surface area (Å²) in [6.45, 7) is 4.98. The zero-order chi connectivity index (χ0) is 19.8. The van der Waals surface area contributed by atoms with Crippen molar-refractivity contribution < 1.29 is 8.95 Å². The second-order valence-electron chi connectivity index (χ2n) is 6.91. The van der Waals surface area contributed by atoms with Gasteiger partial charge in [0.2, 0.25) is 0 Å². The molecule has 0 amide bonds. The monoisotopic (exact) mass is 399 g/mol. The number of nitrogens with zero attached hydrogens (tertiary/aromatic N) is 2. The minimum Gasteiger partial charge on any atom is -0.370 e. The van der Waals surface area contributed by atoms with Gasteiger partial charge in [-0.2, -0.15) is 0 Å². The Kier molecular flexibility index (Phi) is 7.62. The van der Waals surface area contributed by atoms with E-state index in [0.29, 0.717) is 24.7 Å². The Morgan fingerprint density at radius 3 is 2.71 bits per heavy atom. The third-order valence-corrected chi connectivity index (χ3v) is 6.21. The average molecular weight is 400 g/mol. The maximum atomic E-state index is 12.3. The first-order chi connectivity index (χ1) is 13.7. The zero-order valence-corrected chi connectivity index (χ0v) is 17.5. The van der Waals surface area contributed by atoms with Gasteiger partial charge in [-0.1, -0.05) is 54.6 Å². The molecule has 1 N–H and O–H groups in total. The fourth-order valence-corrected chi connectivity index (χ4v) is 4.46. The topological polar surface area (TPSA) is 53.9 Å². The van der Waals surface area contributed by atoms with Crippen molar-refractivity contribution in [3.8, 4) is 0 Å². The zero-order valence-electron chi connectivity index (χ0n) is 16.6. The van der Waals surface area contributed by atoms with Crippen LogP contribution in [0.1, 0.15) is 22.8 Å². The molecule has 2 unspecified atom stereocenters. The van der Waals surface area contributed by atoms with Crippen LogP contribution in [0.5, 0.6) is 0 Å². The van der Waals surface area contributed by atoms with Gasteiger partial charge < -0.3 is 15.0 Å². The summed E-state index contributed by atoms with van der Waals surface area (Å²) in [5.41, 5.74) is 3.58. The number of guanidine groups is 1. The maximum Gasteiger partial charge on any atom is 0.193 e. The number of benzene rings is 2. The lowest BCUT2D eigenvalue weighted by Gasteiger charge is -2.35. The average Bonchev–Trinajstić information content (AvgIpc) is 2.72. The van der Waals surface area contributed by atoms with Gasteiger partial charge in [0.1, 0.15) is 6.10 Å². The molecule has 0 aliphatic carbocycles. The van der Waals surface area contributed by atoms with Gasteiger partial charge in [-0.3, -0.25) is 9.20 Å². The summed E-state index contributed by atoms with van der Waals surface area (Å²) >= 11 is 0. The molecule has 1 saturated heterocycles. The van der Waals surface area contributed by atoms with Crippen LogP contribution >= 0.6 is 0 Å². The van der Waals surface area contributed by atoms with Gasteiger partial charge in [-0.25, -0.2) is 0 Å². The van der Waals surface area contributed by atoms with Gasteiger partial charge >= 0.3 is 0 Å². The second kappa shape index (κ2) is 10.4. The van der Waals surface area contributed by atoms with E-state index in [2.05, 4.69) is 46.4 Å². The van der Waals surface area contributed by atoms with E-state index in [9.17, 15) is 4.21 Å². The minimum atomic E-state index is -0.895. The summed E-state index contributed by atoms with van der Waals surface area (Å²) in [5, 5.41) is 3.37. The molecule has 1 aliphatic rings. The molecule has 1 heterocycles. The van der Waals surface area contributed by atoms with Crippen LogP contribution in [0.4, 0.5) is 0 Å². The Labute approximate surface area is 170 Å². The second-order valence-corrected chi connectivity index (χ2v) is 8.49. The number of hydrogen-bond acceptors (Lipinski definition) is 3. The Morgan fingerprint density at radius 1 is 1.21 bits per heavy atom. The molecule has 150 valence electrons. The highest BCUT2D eigenvalue weighted by molar-refractivity contribution is 7.84. The van der Waals surface area contributed by atoms with Crippen molar-refractivity contribution in [2.45, 2.75) is 18.8 Å². The van der Waals surface area contributed by atoms with Crippen LogP contribution in [-0.4, -0.2) is 54.1 Å². The lowest BCUT2D eigenvalue weighted by molar-refractivity contribution is -0.00827. The third-order valence-electron chi connectivity index (χ3n) is 4.90. The number of nitrogens with one attached hydrogen (secondary N) is 1. The first kappa shape index (κ1) is 20.6. The van der Waals surface area contributed by atoms with Crippen LogP contribution in [0, 0.1) is 6.92 Å². The van der Waals surface area contributed by atoms with Crippen LogP contribution < -0.4 is 5.32 Å². The number of ether oxygens (including phenoxy) is 1. The summed E-state index contributed by atoms with van der Waals surface area (Å²) in [7, 11) is 0.898. The van der Waals surface area contributed by atoms with Gasteiger partial charge in [0, 0.05) is 42.4 Å². The molecule has 1 aliphatic heterocycles. The maximum absolute atomic E-state index is 12.3. The number of aryl methyl sites for hydroxylation is 1. The van der Waals surface area contributed by atoms with Gasteiger partial charge in [0.15, 0.2) is 5.96 Å². The number of hydrogen-bond donors (Lipinski definition) is 1. The summed E-state index contributed by atoms with van der Waals surface area (Å²) in [5.74, 6) is 2.03. The first-order valence-electron chi connectivity index (χ1n) is 9.69. The molecule has 2 aromatic carbocycles. The highest BCUT2D eigenvalue weighted by Crippen LogP contribution is 2.24. The predicted molar refractivity (Wildman–Crippen MR) is 116 cm³/mol. The number of rotatable bonds is 6. The normalized spacial score (nSPS) is 18.7. The molecule has 0 aromatic heterocycles. The number of morpholine rings is 1. The highest BCUT2D eigenvalue weighted by Gasteiger charge is 2.25. The predicted octanol–water partition coefficient (Wildman–Crippen LogP) is 2.89. The molecule has 28 heavy (non-hydrogen) atoms. The van der Waals surface area contributed by atoms with Gasteiger partial charge in [0.25, 0.3) is 0 Å². The Bertz CT molecular complexity index is 810. The van der Waals surface area contributed by atoms with Crippen molar-refractivity contribution in [1.29, 1.82) is 0 Å². The summed E-state index contributed by atoms with van der Waals surface area (Å²) < 4.78 is 18.3. The van der Waals surface area contributed by atoms with Crippen LogP contribution in [0.3, 0.4) is 0 Å². The van der Waals surface area contributed by atoms with Crippen LogP contribution in [-0.2, 0) is 21.3 Å². The van der Waals surface area contributed by atoms with Crippen molar-refractivity contribution in [2.24, 2.45) is 4.99 Å². The lowest BCUT2D eigenvalue weighted by atomic mass is 10.0.